The van der Waals surface area contributed by atoms with Crippen LogP contribution in [-0.2, 0) is 0 Å². The molecular formula is C17H15NO. The minimum Gasteiger partial charge on any atom is -0.388 e. The summed E-state index contributed by atoms with van der Waals surface area (Å²) in [5.41, 5.74) is 4.82. The number of aromatic amines is 1. The van der Waals surface area contributed by atoms with Gasteiger partial charge in [-0.05, 0) is 35.2 Å². The highest BCUT2D eigenvalue weighted by Gasteiger charge is 2.31. The lowest BCUT2D eigenvalue weighted by Gasteiger charge is -2.13. The minimum absolute atomic E-state index is 0.297. The highest BCUT2D eigenvalue weighted by molar-refractivity contribution is 5.84. The number of benzene rings is 2. The predicted molar refractivity (Wildman–Crippen MR) is 76.2 cm³/mol. The van der Waals surface area contributed by atoms with E-state index in [0.29, 0.717) is 5.92 Å². The number of H-pyrrole nitrogens is 1. The number of rotatable bonds is 1. The second-order valence-electron chi connectivity index (χ2n) is 5.22. The maximum Gasteiger partial charge on any atom is 0.0802 e. The molecule has 2 heteroatoms. The second kappa shape index (κ2) is 3.97. The van der Waals surface area contributed by atoms with Crippen molar-refractivity contribution in [2.24, 2.45) is 0 Å². The molecule has 0 amide bonds. The van der Waals surface area contributed by atoms with Crippen LogP contribution in [0.5, 0.6) is 0 Å². The Labute approximate surface area is 111 Å². The van der Waals surface area contributed by atoms with Crippen LogP contribution in [0.4, 0.5) is 0 Å². The third-order valence-corrected chi connectivity index (χ3v) is 4.19. The maximum atomic E-state index is 10.2. The van der Waals surface area contributed by atoms with E-state index in [1.165, 1.54) is 16.5 Å². The second-order valence-corrected chi connectivity index (χ2v) is 5.22. The molecule has 0 aliphatic heterocycles. The van der Waals surface area contributed by atoms with Gasteiger partial charge in [0.15, 0.2) is 0 Å². The zero-order valence-electron chi connectivity index (χ0n) is 10.5. The average molecular weight is 249 g/mol. The molecule has 1 aromatic heterocycles. The number of aliphatic hydroxyl groups excluding tert-OH is 1. The quantitative estimate of drug-likeness (QED) is 0.677. The number of hydrogen-bond donors (Lipinski definition) is 2. The molecule has 0 bridgehead atoms. The Bertz CT molecular complexity index is 744. The van der Waals surface area contributed by atoms with Crippen LogP contribution < -0.4 is 0 Å². The Hall–Kier alpha value is -2.06. The zero-order valence-corrected chi connectivity index (χ0v) is 10.5. The van der Waals surface area contributed by atoms with Gasteiger partial charge in [-0.25, -0.2) is 0 Å². The minimum atomic E-state index is -0.338. The molecule has 2 unspecified atom stereocenters. The van der Waals surface area contributed by atoms with Crippen molar-refractivity contribution in [2.45, 2.75) is 18.4 Å². The molecule has 19 heavy (non-hydrogen) atoms. The molecule has 94 valence electrons. The Morgan fingerprint density at radius 1 is 0.895 bits per heavy atom. The molecule has 0 fully saturated rings. The smallest absolute Gasteiger partial charge is 0.0802 e. The van der Waals surface area contributed by atoms with Crippen molar-refractivity contribution in [3.8, 4) is 0 Å². The van der Waals surface area contributed by atoms with Gasteiger partial charge in [0.25, 0.3) is 0 Å². The van der Waals surface area contributed by atoms with E-state index in [-0.39, 0.29) is 6.10 Å². The van der Waals surface area contributed by atoms with Crippen molar-refractivity contribution in [1.82, 2.24) is 4.98 Å². The van der Waals surface area contributed by atoms with Crippen molar-refractivity contribution in [3.63, 3.8) is 0 Å². The van der Waals surface area contributed by atoms with Gasteiger partial charge in [-0.15, -0.1) is 0 Å². The van der Waals surface area contributed by atoms with Gasteiger partial charge in [-0.1, -0.05) is 36.4 Å². The van der Waals surface area contributed by atoms with Crippen LogP contribution in [0.25, 0.3) is 10.9 Å². The lowest BCUT2D eigenvalue weighted by molar-refractivity contribution is 0.176. The van der Waals surface area contributed by atoms with Crippen LogP contribution >= 0.6 is 0 Å². The van der Waals surface area contributed by atoms with Gasteiger partial charge in [0.1, 0.15) is 0 Å². The number of hydrogen-bond acceptors (Lipinski definition) is 1. The summed E-state index contributed by atoms with van der Waals surface area (Å²) in [4.78, 5) is 3.26. The number of aliphatic hydroxyl groups is 1. The van der Waals surface area contributed by atoms with E-state index in [4.69, 9.17) is 0 Å². The molecule has 2 N–H and O–H groups in total. The molecule has 1 heterocycles. The molecule has 1 aliphatic carbocycles. The molecule has 0 spiro atoms. The first-order valence-electron chi connectivity index (χ1n) is 6.67. The van der Waals surface area contributed by atoms with Crippen molar-refractivity contribution in [2.75, 3.05) is 0 Å². The van der Waals surface area contributed by atoms with Gasteiger partial charge in [-0.2, -0.15) is 0 Å². The number of aromatic nitrogens is 1. The van der Waals surface area contributed by atoms with Crippen LogP contribution in [0.3, 0.4) is 0 Å². The molecule has 2 aromatic carbocycles. The molecule has 0 radical (unpaired) electrons. The molecule has 2 nitrogen and oxygen atoms in total. The molecule has 4 rings (SSSR count). The van der Waals surface area contributed by atoms with E-state index in [1.54, 1.807) is 0 Å². The first kappa shape index (κ1) is 10.8. The Morgan fingerprint density at radius 2 is 1.68 bits per heavy atom. The fourth-order valence-electron chi connectivity index (χ4n) is 3.32. The number of nitrogens with one attached hydrogen (secondary N) is 1. The van der Waals surface area contributed by atoms with Gasteiger partial charge in [-0.3, -0.25) is 0 Å². The monoisotopic (exact) mass is 249 g/mol. The Morgan fingerprint density at radius 3 is 2.58 bits per heavy atom. The summed E-state index contributed by atoms with van der Waals surface area (Å²) in [6, 6.07) is 16.7. The predicted octanol–water partition coefficient (Wildman–Crippen LogP) is 3.74. The van der Waals surface area contributed by atoms with Crippen LogP contribution in [-0.4, -0.2) is 10.1 Å². The summed E-state index contributed by atoms with van der Waals surface area (Å²) in [7, 11) is 0. The summed E-state index contributed by atoms with van der Waals surface area (Å²) in [6.07, 6.45) is 2.42. The van der Waals surface area contributed by atoms with Gasteiger partial charge in [0.05, 0.1) is 6.10 Å². The van der Waals surface area contributed by atoms with Crippen molar-refractivity contribution in [3.05, 3.63) is 71.4 Å². The van der Waals surface area contributed by atoms with Gasteiger partial charge in [0.2, 0.25) is 0 Å². The van der Waals surface area contributed by atoms with E-state index < -0.39 is 0 Å². The summed E-state index contributed by atoms with van der Waals surface area (Å²) in [6.45, 7) is 0. The highest BCUT2D eigenvalue weighted by Crippen LogP contribution is 2.45. The third kappa shape index (κ3) is 1.53. The van der Waals surface area contributed by atoms with Gasteiger partial charge in [0, 0.05) is 23.0 Å². The molecule has 2 atom stereocenters. The first-order valence-corrected chi connectivity index (χ1v) is 6.67. The highest BCUT2D eigenvalue weighted by atomic mass is 16.3. The SMILES string of the molecule is OC1CC(c2cccc3[nH]ccc23)c2ccccc21. The standard InChI is InChI=1S/C17H15NO/c19-17-10-15(12-4-1-2-5-14(12)17)11-6-3-7-16-13(11)8-9-18-16/h1-9,15,17-19H,10H2. The van der Waals surface area contributed by atoms with E-state index in [0.717, 1.165) is 17.5 Å². The third-order valence-electron chi connectivity index (χ3n) is 4.19. The normalized spacial score (nSPS) is 21.7. The van der Waals surface area contributed by atoms with Crippen LogP contribution in [0, 0.1) is 0 Å². The van der Waals surface area contributed by atoms with Crippen molar-refractivity contribution < 1.29 is 5.11 Å². The molecule has 0 saturated heterocycles. The fraction of sp³-hybridized carbons (Fsp3) is 0.176. The lowest BCUT2D eigenvalue weighted by Crippen LogP contribution is -1.97. The molecule has 3 aromatic rings. The van der Waals surface area contributed by atoms with Crippen molar-refractivity contribution >= 4 is 10.9 Å². The Kier molecular flexibility index (Phi) is 2.26. The Balaban J connectivity index is 1.93. The van der Waals surface area contributed by atoms with Crippen LogP contribution in [0.15, 0.2) is 54.7 Å². The molecule has 0 saturated carbocycles. The summed E-state index contributed by atoms with van der Waals surface area (Å²) in [5, 5.41) is 11.5. The van der Waals surface area contributed by atoms with E-state index in [1.807, 2.05) is 18.3 Å². The largest absolute Gasteiger partial charge is 0.388 e. The van der Waals surface area contributed by atoms with E-state index in [2.05, 4.69) is 41.4 Å². The molecule has 1 aliphatic rings. The van der Waals surface area contributed by atoms with E-state index >= 15 is 0 Å². The summed E-state index contributed by atoms with van der Waals surface area (Å²) >= 11 is 0. The number of fused-ring (bicyclic) bond motifs is 2. The van der Waals surface area contributed by atoms with Crippen molar-refractivity contribution in [1.29, 1.82) is 0 Å². The van der Waals surface area contributed by atoms with E-state index in [9.17, 15) is 5.11 Å². The lowest BCUT2D eigenvalue weighted by atomic mass is 9.91. The zero-order chi connectivity index (χ0) is 12.8. The van der Waals surface area contributed by atoms with Gasteiger partial charge >= 0.3 is 0 Å². The molecular weight excluding hydrogens is 234 g/mol. The maximum absolute atomic E-state index is 10.2. The fourth-order valence-corrected chi connectivity index (χ4v) is 3.32. The first-order chi connectivity index (χ1) is 9.34. The summed E-state index contributed by atoms with van der Waals surface area (Å²) < 4.78 is 0. The van der Waals surface area contributed by atoms with Crippen LogP contribution in [0.1, 0.15) is 35.1 Å². The topological polar surface area (TPSA) is 36.0 Å². The summed E-state index contributed by atoms with van der Waals surface area (Å²) in [5.74, 6) is 0.297. The van der Waals surface area contributed by atoms with Gasteiger partial charge < -0.3 is 10.1 Å². The average Bonchev–Trinajstić information content (AvgIpc) is 3.04. The van der Waals surface area contributed by atoms with Crippen LogP contribution in [0.2, 0.25) is 0 Å².